The van der Waals surface area contributed by atoms with Gasteiger partial charge in [0.15, 0.2) is 0 Å². The maximum Gasteiger partial charge on any atom is 0.411 e. The maximum atomic E-state index is 11.6. The fraction of sp³-hybridized carbons (Fsp3) is 0.875. The Morgan fingerprint density at radius 3 is 2.60 bits per heavy atom. The number of hydrogen-bond donors (Lipinski definition) is 1. The first kappa shape index (κ1) is 14.5. The predicted molar refractivity (Wildman–Crippen MR) is 49.8 cm³/mol. The summed E-state index contributed by atoms with van der Waals surface area (Å²) < 4.78 is 39.0. The Labute approximate surface area is 90.9 Å². The standard InChI is InChI=1S/C8H13ClF3NO2/c1-6(2-9)3-13-7(14)4-15-5-8(10,11)12/h6H,2-5H2,1H3,(H,13,14). The Bertz CT molecular complexity index is 199. The molecule has 1 unspecified atom stereocenters. The lowest BCUT2D eigenvalue weighted by molar-refractivity contribution is -0.175. The van der Waals surface area contributed by atoms with E-state index in [1.807, 2.05) is 6.92 Å². The molecule has 0 aromatic rings. The van der Waals surface area contributed by atoms with Crippen LogP contribution in [0.4, 0.5) is 13.2 Å². The lowest BCUT2D eigenvalue weighted by Gasteiger charge is -2.10. The number of hydrogen-bond acceptors (Lipinski definition) is 2. The van der Waals surface area contributed by atoms with Crippen molar-refractivity contribution < 1.29 is 22.7 Å². The molecule has 15 heavy (non-hydrogen) atoms. The van der Waals surface area contributed by atoms with Gasteiger partial charge in [0.05, 0.1) is 0 Å². The highest BCUT2D eigenvalue weighted by Gasteiger charge is 2.27. The van der Waals surface area contributed by atoms with E-state index in [1.165, 1.54) is 0 Å². The van der Waals surface area contributed by atoms with Crippen LogP contribution in [-0.2, 0) is 9.53 Å². The number of alkyl halides is 4. The zero-order valence-electron chi connectivity index (χ0n) is 8.23. The molecule has 1 atom stereocenters. The molecule has 0 aliphatic rings. The fourth-order valence-corrected chi connectivity index (χ4v) is 0.762. The molecule has 0 aliphatic heterocycles. The van der Waals surface area contributed by atoms with E-state index in [1.54, 1.807) is 0 Å². The summed E-state index contributed by atoms with van der Waals surface area (Å²) in [4.78, 5) is 10.9. The molecule has 90 valence electrons. The summed E-state index contributed by atoms with van der Waals surface area (Å²) in [5, 5.41) is 2.40. The first-order valence-electron chi connectivity index (χ1n) is 4.32. The van der Waals surface area contributed by atoms with Crippen LogP contribution >= 0.6 is 11.6 Å². The van der Waals surface area contributed by atoms with Crippen LogP contribution in [0.5, 0.6) is 0 Å². The monoisotopic (exact) mass is 247 g/mol. The molecule has 0 aromatic carbocycles. The highest BCUT2D eigenvalue weighted by atomic mass is 35.5. The molecule has 7 heteroatoms. The molecule has 0 rings (SSSR count). The van der Waals surface area contributed by atoms with Crippen molar-refractivity contribution in [3.8, 4) is 0 Å². The van der Waals surface area contributed by atoms with Crippen molar-refractivity contribution in [1.29, 1.82) is 0 Å². The first-order chi connectivity index (χ1) is 6.85. The number of nitrogens with one attached hydrogen (secondary N) is 1. The molecular weight excluding hydrogens is 235 g/mol. The Hall–Kier alpha value is -0.490. The summed E-state index contributed by atoms with van der Waals surface area (Å²) in [7, 11) is 0. The van der Waals surface area contributed by atoms with Crippen molar-refractivity contribution >= 4 is 17.5 Å². The minimum absolute atomic E-state index is 0.0817. The van der Waals surface area contributed by atoms with Crippen LogP contribution in [-0.4, -0.2) is 37.7 Å². The number of carbonyl (C=O) groups excluding carboxylic acids is 1. The van der Waals surface area contributed by atoms with Crippen LogP contribution < -0.4 is 5.32 Å². The zero-order valence-corrected chi connectivity index (χ0v) is 8.99. The summed E-state index contributed by atoms with van der Waals surface area (Å²) in [6, 6.07) is 0. The van der Waals surface area contributed by atoms with Gasteiger partial charge in [-0.3, -0.25) is 4.79 Å². The average molecular weight is 248 g/mol. The average Bonchev–Trinajstić information content (AvgIpc) is 2.12. The van der Waals surface area contributed by atoms with Crippen molar-refractivity contribution in [1.82, 2.24) is 5.32 Å². The van der Waals surface area contributed by atoms with Crippen LogP contribution in [0.1, 0.15) is 6.92 Å². The van der Waals surface area contributed by atoms with E-state index in [9.17, 15) is 18.0 Å². The molecule has 0 heterocycles. The Kier molecular flexibility index (Phi) is 6.67. The van der Waals surface area contributed by atoms with Crippen LogP contribution in [0.25, 0.3) is 0 Å². The lowest BCUT2D eigenvalue weighted by Crippen LogP contribution is -2.33. The van der Waals surface area contributed by atoms with Gasteiger partial charge in [-0.1, -0.05) is 6.92 Å². The van der Waals surface area contributed by atoms with Gasteiger partial charge < -0.3 is 10.1 Å². The zero-order chi connectivity index (χ0) is 11.9. The first-order valence-corrected chi connectivity index (χ1v) is 4.85. The van der Waals surface area contributed by atoms with Crippen molar-refractivity contribution in [2.75, 3.05) is 25.6 Å². The largest absolute Gasteiger partial charge is 0.411 e. The van der Waals surface area contributed by atoms with E-state index in [2.05, 4.69) is 10.1 Å². The molecular formula is C8H13ClF3NO2. The third kappa shape index (κ3) is 9.81. The van der Waals surface area contributed by atoms with Gasteiger partial charge in [0.1, 0.15) is 13.2 Å². The molecule has 1 N–H and O–H groups in total. The summed E-state index contributed by atoms with van der Waals surface area (Å²) in [6.07, 6.45) is -4.40. The van der Waals surface area contributed by atoms with Gasteiger partial charge in [-0.25, -0.2) is 0 Å². The van der Waals surface area contributed by atoms with Crippen molar-refractivity contribution in [3.05, 3.63) is 0 Å². The summed E-state index contributed by atoms with van der Waals surface area (Å²) in [5.74, 6) is -0.113. The molecule has 0 saturated heterocycles. The van der Waals surface area contributed by atoms with Crippen LogP contribution in [0.15, 0.2) is 0 Å². The van der Waals surface area contributed by atoms with E-state index < -0.39 is 25.3 Å². The van der Waals surface area contributed by atoms with E-state index in [-0.39, 0.29) is 5.92 Å². The Morgan fingerprint density at radius 1 is 1.53 bits per heavy atom. The third-order valence-electron chi connectivity index (χ3n) is 1.41. The molecule has 1 amide bonds. The second-order valence-corrected chi connectivity index (χ2v) is 3.48. The van der Waals surface area contributed by atoms with Crippen LogP contribution in [0, 0.1) is 5.92 Å². The van der Waals surface area contributed by atoms with Gasteiger partial charge in [0.25, 0.3) is 0 Å². The van der Waals surface area contributed by atoms with Crippen molar-refractivity contribution in [2.45, 2.75) is 13.1 Å². The molecule has 0 saturated carbocycles. The highest BCUT2D eigenvalue weighted by Crippen LogP contribution is 2.13. The second kappa shape index (κ2) is 6.90. The maximum absolute atomic E-state index is 11.6. The normalized spacial score (nSPS) is 13.7. The molecule has 0 radical (unpaired) electrons. The smallest absolute Gasteiger partial charge is 0.362 e. The summed E-state index contributed by atoms with van der Waals surface area (Å²) in [5.41, 5.74) is 0. The molecule has 3 nitrogen and oxygen atoms in total. The number of amides is 1. The molecule has 0 aromatic heterocycles. The summed E-state index contributed by atoms with van der Waals surface area (Å²) in [6.45, 7) is 0.140. The topological polar surface area (TPSA) is 38.3 Å². The van der Waals surface area contributed by atoms with Gasteiger partial charge in [-0.2, -0.15) is 13.2 Å². The minimum Gasteiger partial charge on any atom is -0.362 e. The summed E-state index contributed by atoms with van der Waals surface area (Å²) >= 11 is 5.47. The number of rotatable bonds is 6. The second-order valence-electron chi connectivity index (χ2n) is 3.17. The van der Waals surface area contributed by atoms with Crippen molar-refractivity contribution in [2.24, 2.45) is 5.92 Å². The Morgan fingerprint density at radius 2 is 2.13 bits per heavy atom. The van der Waals surface area contributed by atoms with Gasteiger partial charge in [0, 0.05) is 12.4 Å². The van der Waals surface area contributed by atoms with E-state index >= 15 is 0 Å². The van der Waals surface area contributed by atoms with E-state index in [0.29, 0.717) is 12.4 Å². The predicted octanol–water partition coefficient (Wildman–Crippen LogP) is 1.56. The molecule has 0 aliphatic carbocycles. The SMILES string of the molecule is CC(CCl)CNC(=O)COCC(F)(F)F. The van der Waals surface area contributed by atoms with Crippen molar-refractivity contribution in [3.63, 3.8) is 0 Å². The molecule has 0 spiro atoms. The molecule has 0 bridgehead atoms. The van der Waals surface area contributed by atoms with Gasteiger partial charge in [-0.15, -0.1) is 11.6 Å². The third-order valence-corrected chi connectivity index (χ3v) is 1.94. The van der Waals surface area contributed by atoms with Gasteiger partial charge >= 0.3 is 6.18 Å². The number of carbonyl (C=O) groups is 1. The van der Waals surface area contributed by atoms with Gasteiger partial charge in [0.2, 0.25) is 5.91 Å². The lowest BCUT2D eigenvalue weighted by atomic mass is 10.2. The van der Waals surface area contributed by atoms with Crippen LogP contribution in [0.2, 0.25) is 0 Å². The number of ether oxygens (including phenoxy) is 1. The van der Waals surface area contributed by atoms with E-state index in [0.717, 1.165) is 0 Å². The highest BCUT2D eigenvalue weighted by molar-refractivity contribution is 6.18. The van der Waals surface area contributed by atoms with Gasteiger partial charge in [-0.05, 0) is 5.92 Å². The van der Waals surface area contributed by atoms with Crippen LogP contribution in [0.3, 0.4) is 0 Å². The number of halogens is 4. The quantitative estimate of drug-likeness (QED) is 0.724. The van der Waals surface area contributed by atoms with E-state index in [4.69, 9.17) is 11.6 Å². The molecule has 0 fully saturated rings. The minimum atomic E-state index is -4.40. The Balaban J connectivity index is 3.50. The fourth-order valence-electron chi connectivity index (χ4n) is 0.653.